The van der Waals surface area contributed by atoms with Crippen LogP contribution in [0.1, 0.15) is 38.9 Å². The standard InChI is InChI=1S/C15H26N4O3/c1-15(2,3)22-14(20)19-7-6-10(9-19)12(16)13-11(21-5)8-17-18(13)4/h8,10,12H,6-7,9,16H2,1-5H3. The van der Waals surface area contributed by atoms with E-state index in [-0.39, 0.29) is 18.1 Å². The molecule has 2 atom stereocenters. The van der Waals surface area contributed by atoms with Gasteiger partial charge in [-0.3, -0.25) is 4.68 Å². The fourth-order valence-corrected chi connectivity index (χ4v) is 2.76. The van der Waals surface area contributed by atoms with Crippen molar-refractivity contribution < 1.29 is 14.3 Å². The number of methoxy groups -OCH3 is 1. The molecule has 7 nitrogen and oxygen atoms in total. The molecule has 0 aliphatic carbocycles. The van der Waals surface area contributed by atoms with Crippen molar-refractivity contribution in [1.82, 2.24) is 14.7 Å². The van der Waals surface area contributed by atoms with Gasteiger partial charge in [0.1, 0.15) is 5.60 Å². The van der Waals surface area contributed by atoms with Gasteiger partial charge in [-0.15, -0.1) is 0 Å². The van der Waals surface area contributed by atoms with Crippen molar-refractivity contribution in [2.24, 2.45) is 18.7 Å². The highest BCUT2D eigenvalue weighted by Gasteiger charge is 2.35. The molecule has 2 heterocycles. The summed E-state index contributed by atoms with van der Waals surface area (Å²) in [5.74, 6) is 0.850. The number of aryl methyl sites for hydroxylation is 1. The Bertz CT molecular complexity index is 535. The van der Waals surface area contributed by atoms with E-state index in [0.29, 0.717) is 18.8 Å². The fraction of sp³-hybridized carbons (Fsp3) is 0.733. The van der Waals surface area contributed by atoms with E-state index in [1.807, 2.05) is 27.8 Å². The zero-order valence-electron chi connectivity index (χ0n) is 14.0. The second kappa shape index (κ2) is 6.16. The molecule has 2 rings (SSSR count). The minimum Gasteiger partial charge on any atom is -0.493 e. The van der Waals surface area contributed by atoms with Crippen LogP contribution in [0.3, 0.4) is 0 Å². The van der Waals surface area contributed by atoms with E-state index in [1.54, 1.807) is 22.9 Å². The number of amides is 1. The predicted octanol–water partition coefficient (Wildman–Crippen LogP) is 1.69. The molecule has 2 unspecified atom stereocenters. The summed E-state index contributed by atoms with van der Waals surface area (Å²) >= 11 is 0. The summed E-state index contributed by atoms with van der Waals surface area (Å²) in [7, 11) is 3.45. The summed E-state index contributed by atoms with van der Waals surface area (Å²) in [4.78, 5) is 13.8. The summed E-state index contributed by atoms with van der Waals surface area (Å²) in [5.41, 5.74) is 6.77. The summed E-state index contributed by atoms with van der Waals surface area (Å²) in [6.45, 7) is 6.85. The van der Waals surface area contributed by atoms with Crippen molar-refractivity contribution in [2.45, 2.75) is 38.8 Å². The summed E-state index contributed by atoms with van der Waals surface area (Å²) in [5, 5.41) is 4.19. The Morgan fingerprint density at radius 2 is 2.18 bits per heavy atom. The third-order valence-electron chi connectivity index (χ3n) is 3.87. The minimum absolute atomic E-state index is 0.164. The van der Waals surface area contributed by atoms with Gasteiger partial charge >= 0.3 is 6.09 Å². The second-order valence-electron chi connectivity index (χ2n) is 6.72. The summed E-state index contributed by atoms with van der Waals surface area (Å²) in [6, 6.07) is -0.227. The number of hydrogen-bond acceptors (Lipinski definition) is 5. The Morgan fingerprint density at radius 1 is 1.50 bits per heavy atom. The van der Waals surface area contributed by atoms with Gasteiger partial charge in [0.25, 0.3) is 0 Å². The molecule has 124 valence electrons. The maximum Gasteiger partial charge on any atom is 0.410 e. The molecule has 1 aromatic rings. The van der Waals surface area contributed by atoms with Crippen LogP contribution < -0.4 is 10.5 Å². The van der Waals surface area contributed by atoms with Crippen LogP contribution in [-0.4, -0.2) is 46.6 Å². The Hall–Kier alpha value is -1.76. The topological polar surface area (TPSA) is 82.6 Å². The van der Waals surface area contributed by atoms with Crippen molar-refractivity contribution >= 4 is 6.09 Å². The lowest BCUT2D eigenvalue weighted by atomic mass is 9.96. The highest BCUT2D eigenvalue weighted by atomic mass is 16.6. The van der Waals surface area contributed by atoms with Gasteiger partial charge in [0, 0.05) is 20.1 Å². The number of nitrogens with two attached hydrogens (primary N) is 1. The molecule has 7 heteroatoms. The first-order chi connectivity index (χ1) is 10.2. The average Bonchev–Trinajstić information content (AvgIpc) is 3.02. The molecule has 1 aliphatic heterocycles. The predicted molar refractivity (Wildman–Crippen MR) is 82.6 cm³/mol. The Balaban J connectivity index is 2.03. The van der Waals surface area contributed by atoms with Crippen molar-refractivity contribution in [1.29, 1.82) is 0 Å². The van der Waals surface area contributed by atoms with E-state index in [9.17, 15) is 4.79 Å². The monoisotopic (exact) mass is 310 g/mol. The van der Waals surface area contributed by atoms with Crippen LogP contribution in [0, 0.1) is 5.92 Å². The first-order valence-electron chi connectivity index (χ1n) is 7.52. The first-order valence-corrected chi connectivity index (χ1v) is 7.52. The minimum atomic E-state index is -0.484. The van der Waals surface area contributed by atoms with Gasteiger partial charge in [0.15, 0.2) is 5.75 Å². The van der Waals surface area contributed by atoms with E-state index in [0.717, 1.165) is 12.1 Å². The molecule has 0 bridgehead atoms. The average molecular weight is 310 g/mol. The van der Waals surface area contributed by atoms with Crippen LogP contribution in [0.4, 0.5) is 4.79 Å². The van der Waals surface area contributed by atoms with Crippen molar-refractivity contribution in [3.05, 3.63) is 11.9 Å². The Kier molecular flexibility index (Phi) is 4.65. The SMILES string of the molecule is COc1cnn(C)c1C(N)C1CCN(C(=O)OC(C)(C)C)C1. The summed E-state index contributed by atoms with van der Waals surface area (Å²) in [6.07, 6.45) is 2.23. The number of nitrogens with zero attached hydrogens (tertiary/aromatic N) is 3. The molecule has 0 radical (unpaired) electrons. The molecule has 1 fully saturated rings. The smallest absolute Gasteiger partial charge is 0.410 e. The number of carbonyl (C=O) groups excluding carboxylic acids is 1. The zero-order chi connectivity index (χ0) is 16.5. The fourth-order valence-electron chi connectivity index (χ4n) is 2.76. The molecule has 0 spiro atoms. The highest BCUT2D eigenvalue weighted by Crippen LogP contribution is 2.33. The molecular formula is C15H26N4O3. The van der Waals surface area contributed by atoms with Crippen molar-refractivity contribution in [3.8, 4) is 5.75 Å². The van der Waals surface area contributed by atoms with Gasteiger partial charge < -0.3 is 20.1 Å². The molecule has 22 heavy (non-hydrogen) atoms. The van der Waals surface area contributed by atoms with Gasteiger partial charge in [-0.25, -0.2) is 4.79 Å². The van der Waals surface area contributed by atoms with Crippen LogP contribution in [-0.2, 0) is 11.8 Å². The number of rotatable bonds is 3. The van der Waals surface area contributed by atoms with Crippen LogP contribution >= 0.6 is 0 Å². The number of hydrogen-bond donors (Lipinski definition) is 1. The summed E-state index contributed by atoms with van der Waals surface area (Å²) < 4.78 is 12.5. The van der Waals surface area contributed by atoms with E-state index < -0.39 is 5.60 Å². The Labute approximate surface area is 131 Å². The van der Waals surface area contributed by atoms with Crippen LogP contribution in [0.25, 0.3) is 0 Å². The van der Waals surface area contributed by atoms with E-state index >= 15 is 0 Å². The highest BCUT2D eigenvalue weighted by molar-refractivity contribution is 5.68. The molecule has 1 aromatic heterocycles. The van der Waals surface area contributed by atoms with Gasteiger partial charge in [0.2, 0.25) is 0 Å². The van der Waals surface area contributed by atoms with Gasteiger partial charge in [-0.2, -0.15) is 5.10 Å². The first kappa shape index (κ1) is 16.6. The molecule has 1 saturated heterocycles. The van der Waals surface area contributed by atoms with E-state index in [1.165, 1.54) is 0 Å². The van der Waals surface area contributed by atoms with Crippen LogP contribution in [0.5, 0.6) is 5.75 Å². The van der Waals surface area contributed by atoms with Crippen LogP contribution in [0.2, 0.25) is 0 Å². The lowest BCUT2D eigenvalue weighted by Crippen LogP contribution is -2.36. The van der Waals surface area contributed by atoms with Crippen molar-refractivity contribution in [2.75, 3.05) is 20.2 Å². The quantitative estimate of drug-likeness (QED) is 0.918. The van der Waals surface area contributed by atoms with Gasteiger partial charge in [0.05, 0.1) is 25.0 Å². The third-order valence-corrected chi connectivity index (χ3v) is 3.87. The molecule has 0 saturated carbocycles. The molecular weight excluding hydrogens is 284 g/mol. The lowest BCUT2D eigenvalue weighted by molar-refractivity contribution is 0.0286. The van der Waals surface area contributed by atoms with Gasteiger partial charge in [-0.1, -0.05) is 0 Å². The van der Waals surface area contributed by atoms with E-state index in [2.05, 4.69) is 5.10 Å². The third kappa shape index (κ3) is 3.52. The number of aromatic nitrogens is 2. The Morgan fingerprint density at radius 3 is 2.77 bits per heavy atom. The molecule has 1 amide bonds. The van der Waals surface area contributed by atoms with Crippen LogP contribution in [0.15, 0.2) is 6.20 Å². The number of carbonyl (C=O) groups is 1. The normalized spacial score (nSPS) is 20.1. The van der Waals surface area contributed by atoms with Crippen molar-refractivity contribution in [3.63, 3.8) is 0 Å². The molecule has 0 aromatic carbocycles. The zero-order valence-corrected chi connectivity index (χ0v) is 14.0. The number of likely N-dealkylation sites (tertiary alicyclic amines) is 1. The van der Waals surface area contributed by atoms with E-state index in [4.69, 9.17) is 15.2 Å². The maximum atomic E-state index is 12.1. The largest absolute Gasteiger partial charge is 0.493 e. The second-order valence-corrected chi connectivity index (χ2v) is 6.72. The number of ether oxygens (including phenoxy) is 2. The molecule has 1 aliphatic rings. The van der Waals surface area contributed by atoms with Gasteiger partial charge in [-0.05, 0) is 33.1 Å². The lowest BCUT2D eigenvalue weighted by Gasteiger charge is -2.25. The molecule has 2 N–H and O–H groups in total. The maximum absolute atomic E-state index is 12.1.